The number of halogens is 1. The molecule has 3 amide bonds. The molecule has 2 aromatic heterocycles. The first-order chi connectivity index (χ1) is 66.9. The smallest absolute Gasteiger partial charge is 0.339 e. The molecule has 6 aromatic carbocycles. The third-order valence-electron chi connectivity index (χ3n) is 21.9. The van der Waals surface area contributed by atoms with Crippen LogP contribution < -0.4 is 41.5 Å². The second-order valence-electron chi connectivity index (χ2n) is 33.6. The Morgan fingerprint density at radius 1 is 0.364 bits per heavy atom. The number of hydrogen-bond acceptors (Lipinski definition) is 29. The maximum atomic E-state index is 13.4. The summed E-state index contributed by atoms with van der Waals surface area (Å²) >= 11 is 5.32. The van der Waals surface area contributed by atoms with Crippen LogP contribution in [0.25, 0.3) is 44.2 Å². The predicted octanol–water partition coefficient (Wildman–Crippen LogP) is 3.74. The van der Waals surface area contributed by atoms with E-state index in [9.17, 15) is 153 Å². The Balaban J connectivity index is 0.000000291. The van der Waals surface area contributed by atoms with Crippen LogP contribution in [0, 0.1) is 0 Å². The largest absolute Gasteiger partial charge is 0.414 e. The first kappa shape index (κ1) is 120. The minimum Gasteiger partial charge on any atom is -0.414 e. The highest BCUT2D eigenvalue weighted by molar-refractivity contribution is 7.54. The summed E-state index contributed by atoms with van der Waals surface area (Å²) in [5.74, 6) is -1.87. The molecule has 0 spiro atoms. The molecule has 10 rings (SSSR count). The molecule has 788 valence electrons. The number of fused-ring (bicyclic) bond motifs is 2. The quantitative estimate of drug-likeness (QED) is 0.0112. The number of quaternary nitrogens is 2. The van der Waals surface area contributed by atoms with Crippen molar-refractivity contribution in [3.63, 3.8) is 0 Å². The van der Waals surface area contributed by atoms with Gasteiger partial charge in [-0.15, -0.1) is 0 Å². The summed E-state index contributed by atoms with van der Waals surface area (Å²) in [7, 11) is -38.0. The number of benzene rings is 6. The summed E-state index contributed by atoms with van der Waals surface area (Å²) in [6.45, 7) is 1.65. The summed E-state index contributed by atoms with van der Waals surface area (Å²) in [6, 6.07) is 45.6. The number of nitrogens with zero attached hydrogens (tertiary/aromatic N) is 8. The number of carbonyl (C=O) groups excluding carboxylic acids is 6. The van der Waals surface area contributed by atoms with E-state index in [0.29, 0.717) is 104 Å². The number of nitrogens with one attached hydrogen (secondary N) is 3. The second-order valence-corrected chi connectivity index (χ2v) is 47.0. The zero-order chi connectivity index (χ0) is 105. The van der Waals surface area contributed by atoms with Crippen molar-refractivity contribution in [2.24, 2.45) is 5.73 Å². The Kier molecular flexibility index (Phi) is 46.3. The Hall–Kier alpha value is -8.19. The van der Waals surface area contributed by atoms with Crippen molar-refractivity contribution in [1.29, 1.82) is 0 Å². The molecule has 59 heteroatoms. The van der Waals surface area contributed by atoms with Crippen LogP contribution in [-0.4, -0.2) is 337 Å². The molecule has 0 radical (unpaired) electrons. The van der Waals surface area contributed by atoms with Gasteiger partial charge in [0, 0.05) is 127 Å². The molecule has 2 saturated heterocycles. The second kappa shape index (κ2) is 55.2. The average molecular weight is 2190 g/mol. The van der Waals surface area contributed by atoms with Gasteiger partial charge in [-0.25, -0.2) is 8.97 Å². The lowest BCUT2D eigenvalue weighted by atomic mass is 10.0. The summed E-state index contributed by atoms with van der Waals surface area (Å²) in [5.41, 5.74) is 11.3. The fraction of sp³-hybridized carbons (Fsp3) is 0.429. The lowest BCUT2D eigenvalue weighted by Crippen LogP contribution is -2.58. The number of carbonyl (C=O) groups is 6. The van der Waals surface area contributed by atoms with Gasteiger partial charge in [0.05, 0.1) is 62.2 Å². The van der Waals surface area contributed by atoms with Crippen LogP contribution in [0.4, 0.5) is 11.8 Å². The zero-order valence-corrected chi connectivity index (χ0v) is 85.1. The van der Waals surface area contributed by atoms with E-state index in [1.54, 1.807) is 54.6 Å². The maximum Gasteiger partial charge on any atom is 0.339 e. The molecule has 21 N–H and O–H groups in total. The molecule has 0 unspecified atom stereocenters. The number of amides is 3. The molecular weight excluding hydrogens is 2070 g/mol. The topological polar surface area (TPSA) is 742 Å². The van der Waals surface area contributed by atoms with Gasteiger partial charge in [-0.05, 0) is 70.3 Å². The number of morpholine rings is 2. The number of nitrogens with two attached hydrogens (primary N) is 1. The normalized spacial score (nSPS) is 14.4. The molecule has 2 fully saturated rings. The highest BCUT2D eigenvalue weighted by atomic mass is 35.5. The van der Waals surface area contributed by atoms with Gasteiger partial charge in [-0.2, -0.15) is 0 Å². The number of hydrogen-bond donors (Lipinski definition) is 20. The molecule has 4 heterocycles. The molecule has 8 aromatic rings. The molecule has 2 aliphatic rings. The lowest BCUT2D eigenvalue weighted by molar-refractivity contribution is -0.151. The van der Waals surface area contributed by atoms with Crippen molar-refractivity contribution in [1.82, 2.24) is 54.3 Å². The van der Waals surface area contributed by atoms with Gasteiger partial charge < -0.3 is 128 Å². The SMILES string of the molecule is NCc1ccc(C(=O)NCCN(CCN(CP(=O)(O)O)CP(=O)(O)O)CCN(CP(=O)(O)O)CP(=O)(O)O)cc1.O=C(CCC(=O)OC[N+]1(c2cc(=O)c3cccc(-c4ccccc4)c3o2)CCOCC1)NCc1ccc(C(=O)NCCN(CCN(CP(=O)(O)O)CP(=O)(O)O)CCN(CP(=O)(O)O)CP(=O)(O)O)cc1.O=C(Cl)CCC(=O)OC[N+]1(c2cc(=O)c3cccc(-c4ccccc4)c3o2)CCOCC1. The minimum atomic E-state index is -4.79. The first-order valence-corrected chi connectivity index (χ1v) is 58.7. The van der Waals surface area contributed by atoms with E-state index in [2.05, 4.69) is 16.0 Å². The van der Waals surface area contributed by atoms with Crippen molar-refractivity contribution in [2.45, 2.75) is 38.8 Å². The fourth-order valence-corrected chi connectivity index (χ4v) is 21.8. The number of esters is 2. The maximum absolute atomic E-state index is 13.4. The third-order valence-corrected chi connectivity index (χ3v) is 28.2. The van der Waals surface area contributed by atoms with Gasteiger partial charge in [0.25, 0.3) is 11.8 Å². The van der Waals surface area contributed by atoms with Gasteiger partial charge in [-0.1, -0.05) is 109 Å². The summed E-state index contributed by atoms with van der Waals surface area (Å²) in [5, 5.41) is 8.35. The monoisotopic (exact) mass is 2190 g/mol. The third kappa shape index (κ3) is 44.4. The van der Waals surface area contributed by atoms with Crippen molar-refractivity contribution in [3.05, 3.63) is 200 Å². The Morgan fingerprint density at radius 3 is 0.965 bits per heavy atom. The van der Waals surface area contributed by atoms with Crippen molar-refractivity contribution < 1.29 is 171 Å². The van der Waals surface area contributed by atoms with E-state index in [1.165, 1.54) is 34.1 Å². The molecule has 143 heavy (non-hydrogen) atoms. The first-order valence-electron chi connectivity index (χ1n) is 44.0. The van der Waals surface area contributed by atoms with E-state index < -0.39 is 146 Å². The molecule has 50 nitrogen and oxygen atoms in total. The van der Waals surface area contributed by atoms with Crippen LogP contribution in [0.3, 0.4) is 0 Å². The van der Waals surface area contributed by atoms with Gasteiger partial charge >= 0.3 is 84.5 Å². The van der Waals surface area contributed by atoms with Crippen LogP contribution in [-0.2, 0) is 87.7 Å². The molecular formula is C84H119ClN12O38P8+2. The molecule has 0 bridgehead atoms. The van der Waals surface area contributed by atoms with E-state index >= 15 is 0 Å². The summed E-state index contributed by atoms with van der Waals surface area (Å²) in [4.78, 5) is 257. The molecule has 0 atom stereocenters. The number of rotatable bonds is 53. The molecule has 2 aliphatic heterocycles. The Labute approximate surface area is 824 Å². The molecule has 0 saturated carbocycles. The van der Waals surface area contributed by atoms with Crippen LogP contribution in [0.5, 0.6) is 0 Å². The Bertz CT molecular complexity index is 5920. The summed E-state index contributed by atoms with van der Waals surface area (Å²) in [6.07, 6.45) is -8.47. The lowest BCUT2D eigenvalue weighted by Gasteiger charge is -2.37. The summed E-state index contributed by atoms with van der Waals surface area (Å²) < 4.78 is 128. The van der Waals surface area contributed by atoms with Gasteiger partial charge in [0.1, 0.15) is 76.5 Å². The number of ether oxygens (including phenoxy) is 4. The van der Waals surface area contributed by atoms with E-state index in [1.807, 2.05) is 78.9 Å². The van der Waals surface area contributed by atoms with Crippen LogP contribution in [0.15, 0.2) is 176 Å². The van der Waals surface area contributed by atoms with Gasteiger partial charge in [-0.3, -0.25) is 104 Å². The minimum absolute atomic E-state index is 0.0121. The van der Waals surface area contributed by atoms with Crippen LogP contribution in [0.1, 0.15) is 57.5 Å². The van der Waals surface area contributed by atoms with Gasteiger partial charge in [0.15, 0.2) is 22.0 Å². The van der Waals surface area contributed by atoms with E-state index in [0.717, 1.165) is 47.4 Å². The van der Waals surface area contributed by atoms with Gasteiger partial charge in [0.2, 0.25) is 24.6 Å². The fourth-order valence-electron chi connectivity index (χ4n) is 15.0. The highest BCUT2D eigenvalue weighted by Gasteiger charge is 2.41. The average Bonchev–Trinajstić information content (AvgIpc) is 0.761. The van der Waals surface area contributed by atoms with Crippen LogP contribution in [0.2, 0.25) is 0 Å². The van der Waals surface area contributed by atoms with Crippen molar-refractivity contribution >= 4 is 141 Å². The highest BCUT2D eigenvalue weighted by Crippen LogP contribution is 2.46. The number of para-hydroxylation sites is 2. The Morgan fingerprint density at radius 2 is 0.664 bits per heavy atom. The van der Waals surface area contributed by atoms with Crippen molar-refractivity contribution in [2.75, 3.05) is 195 Å². The van der Waals surface area contributed by atoms with E-state index in [4.69, 9.17) is 45.1 Å². The molecule has 0 aliphatic carbocycles. The van der Waals surface area contributed by atoms with Crippen LogP contribution >= 0.6 is 72.4 Å². The zero-order valence-electron chi connectivity index (χ0n) is 77.2. The predicted molar refractivity (Wildman–Crippen MR) is 524 cm³/mol. The van der Waals surface area contributed by atoms with E-state index in [-0.39, 0.29) is 150 Å². The van der Waals surface area contributed by atoms with Crippen molar-refractivity contribution in [3.8, 4) is 22.3 Å². The standard InChI is InChI=1S/C42H58N6O19P4.C24H23ClNO6.C18H37N5O13P4/c49-37-25-39(67-41-35(7-4-8-36(37)41)33-5-2-1-3-6-33)48(21-23-65-24-22-48)31-66-40(51)14-13-38(50)44-26-32-9-11-34(12-10-32)42(52)43-15-16-45(17-19-46(27-68(53,54)55)28-69(56,57)58)18-20-47(29-70(59,60)61)30-71(62,63)64;25-21(28)9-10-23(29)31-16-26(11-13-30-14-12-26)22-15-20(27)19-8-4-7-18(24(19)32-22)17-5-2-1-3-6-17;19-11-16-1-3-17(4-2-16)18(24)20-5-6-21(7-9-22(12-37(25,26)27)13-38(28,29)30)8-10-23(14-39(31,32)33)15-40(34,35)36/h1-12,25H,13-24,26-31H2,(H9-,43,44,50,52,53,54,55,56,57,58,59,60,61,62,63,64);1-8,15H,9-14,16H2;1-4H,5-15,19H2,(H,20,24)(H2,25,26,27)(H2,28,29,30)(H2,31,32,33)(H2,34,35,36)/q;+1;/p+1.